The SMILES string of the molecule is CC(C)CCCCCCN(C(=O)Oc1ccc2c(c1)CCC1C2CCC2(C)C(OCCCOC(C(F)(F)F)(C(F)(F)F)C(F)(F)F)CCC12)C1CCSSC1.CC(C)N(C(C)C)P(OCCC#N)OCCCCCN(C(=O)Oc1ccc2c(c1)CCC1C2CCC2(C)C(OCCCOC(C(F)(F)F)(C(F)(F)F)C(F)(F)F)CCC12)C1CCSSC1. The van der Waals surface area contributed by atoms with Crippen LogP contribution in [-0.2, 0) is 40.8 Å². The minimum atomic E-state index is -6.77. The Balaban J connectivity index is 0.000000277. The van der Waals surface area contributed by atoms with Gasteiger partial charge in [-0.2, -0.15) is 84.3 Å². The van der Waals surface area contributed by atoms with Crippen LogP contribution in [0, 0.1) is 51.8 Å². The van der Waals surface area contributed by atoms with Crippen molar-refractivity contribution in [1.82, 2.24) is 14.5 Å². The molecule has 0 aromatic heterocycles. The quantitative estimate of drug-likeness (QED) is 0.0276. The number of carbonyl (C=O) groups excluding carboxylic acids is 2. The first-order chi connectivity index (χ1) is 56.4. The number of benzene rings is 2. The zero-order valence-corrected chi connectivity index (χ0v) is 73.5. The van der Waals surface area contributed by atoms with Crippen LogP contribution in [0.5, 0.6) is 11.5 Å². The van der Waals surface area contributed by atoms with Gasteiger partial charge < -0.3 is 47.3 Å². The fraction of sp³-hybridized carbons (Fsp3) is 0.819. The summed E-state index contributed by atoms with van der Waals surface area (Å²) >= 11 is 0. The van der Waals surface area contributed by atoms with Crippen molar-refractivity contribution in [2.45, 2.75) is 312 Å². The summed E-state index contributed by atoms with van der Waals surface area (Å²) in [7, 11) is 5.89. The number of rotatable bonds is 36. The molecular formula is C83H117F18N4O10PS4. The molecule has 0 spiro atoms. The Labute approximate surface area is 710 Å². The Kier molecular flexibility index (Phi) is 36.2. The van der Waals surface area contributed by atoms with Crippen LogP contribution in [0.25, 0.3) is 0 Å². The highest BCUT2D eigenvalue weighted by molar-refractivity contribution is 8.77. The number of carbonyl (C=O) groups is 2. The van der Waals surface area contributed by atoms with Crippen LogP contribution in [0.2, 0.25) is 0 Å². The molecule has 8 aliphatic rings. The number of hydrogen-bond acceptors (Lipinski definition) is 16. The van der Waals surface area contributed by atoms with Gasteiger partial charge in [-0.15, -0.1) is 0 Å². The Morgan fingerprint density at radius 2 is 0.883 bits per heavy atom. The van der Waals surface area contributed by atoms with Gasteiger partial charge in [0.1, 0.15) is 11.5 Å². The van der Waals surface area contributed by atoms with Gasteiger partial charge in [0.2, 0.25) is 0 Å². The number of fused-ring (bicyclic) bond motifs is 10. The molecule has 2 amide bonds. The number of alkyl halides is 18. The summed E-state index contributed by atoms with van der Waals surface area (Å²) in [4.78, 5) is 31.3. The summed E-state index contributed by atoms with van der Waals surface area (Å²) in [6, 6.07) is 14.6. The predicted molar refractivity (Wildman–Crippen MR) is 430 cm³/mol. The standard InChI is InChI=1S/C44H63F9N3O6PS2.C39H54F9NO4S2/c1-29(2)56(30(3)4)63(61-25-9-20-54)60-24-8-6-7-21-55(32-18-26-64-65-28-32)39(57)62-33-12-14-34-31(27-33)11-13-36-35(34)17-19-40(5)37(36)15-16-38(40)58-22-10-23-59-41(42(45,46)47,43(48,49)50)44(51,52)53;1-25(2)9-6-4-5-7-19-49(27-17-22-54-55-24-27)34(50)53-28-11-13-29-26(23-28)10-12-31-30(29)16-18-35(3)32(31)14-15-33(35)51-20-8-21-52-36(37(40,41)42,38(43,44)45)39(46,47)48/h12,14,27,29-30,32,35-38H,6-11,13,15-19,21-26,28H2,1-5H3;11,13,23,25,27,30-33H,4-10,12,14-22,24H2,1-3H3. The molecular weight excluding hydrogens is 1710 g/mol. The lowest BCUT2D eigenvalue weighted by Crippen LogP contribution is -2.67. The first-order valence-electron chi connectivity index (χ1n) is 42.2. The lowest BCUT2D eigenvalue weighted by molar-refractivity contribution is -0.458. The second-order valence-electron chi connectivity index (χ2n) is 34.5. The van der Waals surface area contributed by atoms with E-state index in [0.717, 1.165) is 150 Å². The number of amides is 2. The molecule has 13 atom stereocenters. The van der Waals surface area contributed by atoms with E-state index in [0.29, 0.717) is 74.8 Å². The first kappa shape index (κ1) is 101. The lowest BCUT2D eigenvalue weighted by Gasteiger charge is -2.50. The molecule has 2 aromatic carbocycles. The molecule has 0 bridgehead atoms. The third-order valence-corrected chi connectivity index (χ3v) is 32.9. The Hall–Kier alpha value is -3.24. The fourth-order valence-electron chi connectivity index (χ4n) is 19.9. The Morgan fingerprint density at radius 1 is 0.483 bits per heavy atom. The third-order valence-electron chi connectivity index (χ3n) is 25.8. The maximum absolute atomic E-state index is 13.9. The number of nitriles is 1. The average Bonchev–Trinajstić information content (AvgIpc) is 1.36. The largest absolute Gasteiger partial charge is 0.435 e. The molecule has 0 radical (unpaired) electrons. The highest BCUT2D eigenvalue weighted by Gasteiger charge is 2.87. The van der Waals surface area contributed by atoms with E-state index in [9.17, 15) is 88.6 Å². The van der Waals surface area contributed by atoms with Crippen molar-refractivity contribution in [2.75, 3.05) is 75.7 Å². The molecule has 37 heteroatoms. The molecule has 0 N–H and O–H groups in total. The van der Waals surface area contributed by atoms with Crippen molar-refractivity contribution in [1.29, 1.82) is 5.26 Å². The van der Waals surface area contributed by atoms with Crippen molar-refractivity contribution in [3.63, 3.8) is 0 Å². The van der Waals surface area contributed by atoms with Crippen molar-refractivity contribution in [3.05, 3.63) is 58.7 Å². The molecule has 6 fully saturated rings. The van der Waals surface area contributed by atoms with Crippen LogP contribution in [0.3, 0.4) is 0 Å². The number of halogens is 18. The van der Waals surface area contributed by atoms with Crippen LogP contribution in [-0.4, -0.2) is 187 Å². The van der Waals surface area contributed by atoms with Gasteiger partial charge in [-0.25, -0.2) is 14.3 Å². The second kappa shape index (κ2) is 43.2. The molecule has 120 heavy (non-hydrogen) atoms. The van der Waals surface area contributed by atoms with Gasteiger partial charge in [0.05, 0.1) is 51.1 Å². The molecule has 2 heterocycles. The zero-order valence-electron chi connectivity index (χ0n) is 69.4. The first-order valence-corrected chi connectivity index (χ1v) is 48.3. The number of ether oxygens (including phenoxy) is 6. The molecule has 4 saturated carbocycles. The molecule has 6 aliphatic carbocycles. The van der Waals surface area contributed by atoms with E-state index >= 15 is 0 Å². The minimum absolute atomic E-state index is 0.0529. The third kappa shape index (κ3) is 23.8. The predicted octanol–water partition coefficient (Wildman–Crippen LogP) is 25.5. The smallest absolute Gasteiger partial charge is 0.410 e. The highest BCUT2D eigenvalue weighted by atomic mass is 33.1. The van der Waals surface area contributed by atoms with Crippen molar-refractivity contribution in [2.24, 2.45) is 40.4 Å². The lowest BCUT2D eigenvalue weighted by atomic mass is 9.55. The van der Waals surface area contributed by atoms with Crippen molar-refractivity contribution < 1.29 is 126 Å². The van der Waals surface area contributed by atoms with Gasteiger partial charge in [0.25, 0.3) is 8.53 Å². The highest BCUT2D eigenvalue weighted by Crippen LogP contribution is 2.65. The molecule has 2 saturated heterocycles. The van der Waals surface area contributed by atoms with E-state index in [2.05, 4.69) is 87.7 Å². The number of aryl methyl sites for hydroxylation is 2. The topological polar surface area (TPSA) is 141 Å². The van der Waals surface area contributed by atoms with E-state index in [1.807, 2.05) is 44.9 Å². The second-order valence-corrected chi connectivity index (χ2v) is 41.2. The monoisotopic (exact) mass is 1830 g/mol. The van der Waals surface area contributed by atoms with Crippen molar-refractivity contribution in [3.8, 4) is 17.6 Å². The van der Waals surface area contributed by atoms with E-state index in [1.54, 1.807) is 32.4 Å². The molecule has 2 aromatic rings. The van der Waals surface area contributed by atoms with Crippen LogP contribution >= 0.6 is 51.7 Å². The van der Waals surface area contributed by atoms with Crippen molar-refractivity contribution >= 4 is 63.9 Å². The molecule has 2 aliphatic heterocycles. The van der Waals surface area contributed by atoms with Crippen LogP contribution in [0.15, 0.2) is 36.4 Å². The van der Waals surface area contributed by atoms with E-state index in [-0.39, 0.29) is 96.3 Å². The van der Waals surface area contributed by atoms with E-state index in [4.69, 9.17) is 33.3 Å². The van der Waals surface area contributed by atoms with Gasteiger partial charge in [-0.1, -0.05) is 109 Å². The minimum Gasteiger partial charge on any atom is -0.410 e. The summed E-state index contributed by atoms with van der Waals surface area (Å²) in [6.07, 6.45) is -23.5. The maximum Gasteiger partial charge on any atom is 0.435 e. The number of unbranched alkanes of at least 4 members (excludes halogenated alkanes) is 5. The van der Waals surface area contributed by atoms with E-state index in [1.165, 1.54) is 24.0 Å². The normalized spacial score (nSPS) is 26.4. The zero-order chi connectivity index (χ0) is 88.0. The van der Waals surface area contributed by atoms with Gasteiger partial charge >= 0.3 is 60.4 Å². The summed E-state index contributed by atoms with van der Waals surface area (Å²) in [5.74, 6) is 7.00. The maximum atomic E-state index is 13.9. The van der Waals surface area contributed by atoms with Gasteiger partial charge in [0.15, 0.2) is 0 Å². The van der Waals surface area contributed by atoms with E-state index < -0.39 is 82.8 Å². The van der Waals surface area contributed by atoms with Gasteiger partial charge in [0, 0.05) is 73.5 Å². The van der Waals surface area contributed by atoms with Gasteiger partial charge in [-0.3, -0.25) is 0 Å². The fourth-order valence-corrected chi connectivity index (χ4v) is 26.5. The van der Waals surface area contributed by atoms with Crippen LogP contribution < -0.4 is 9.47 Å². The number of nitrogens with zero attached hydrogens (tertiary/aromatic N) is 4. The van der Waals surface area contributed by atoms with Crippen LogP contribution in [0.1, 0.15) is 237 Å². The average molecular weight is 1830 g/mol. The Bertz CT molecular complexity index is 3530. The summed E-state index contributed by atoms with van der Waals surface area (Å²) < 4.78 is 284. The molecule has 13 unspecified atom stereocenters. The summed E-state index contributed by atoms with van der Waals surface area (Å²) in [5.41, 5.74) is -8.45. The summed E-state index contributed by atoms with van der Waals surface area (Å²) in [5, 5.41) is 9.00. The van der Waals surface area contributed by atoms with Gasteiger partial charge in [-0.05, 0) is 255 Å². The Morgan fingerprint density at radius 3 is 1.26 bits per heavy atom. The molecule has 684 valence electrons. The molecule has 14 nitrogen and oxygen atoms in total. The van der Waals surface area contributed by atoms with Crippen LogP contribution in [0.4, 0.5) is 88.6 Å². The summed E-state index contributed by atoms with van der Waals surface area (Å²) in [6.45, 7) is 15.5. The molecule has 10 rings (SSSR count). The number of hydrogen-bond donors (Lipinski definition) is 0.